The first-order valence-corrected chi connectivity index (χ1v) is 6.26. The first-order chi connectivity index (χ1) is 7.51. The van der Waals surface area contributed by atoms with Gasteiger partial charge in [0.25, 0.3) is 0 Å². The number of thioether (sulfide) groups is 1. The third-order valence-electron chi connectivity index (χ3n) is 1.71. The summed E-state index contributed by atoms with van der Waals surface area (Å²) in [6.07, 6.45) is 0. The van der Waals surface area contributed by atoms with Gasteiger partial charge in [0.15, 0.2) is 0 Å². The molecule has 0 fully saturated rings. The van der Waals surface area contributed by atoms with Gasteiger partial charge in [0.1, 0.15) is 0 Å². The van der Waals surface area contributed by atoms with Crippen molar-refractivity contribution in [2.45, 2.75) is 44.8 Å². The molecule has 0 aliphatic carbocycles. The van der Waals surface area contributed by atoms with Crippen molar-refractivity contribution in [3.63, 3.8) is 0 Å². The van der Waals surface area contributed by atoms with Gasteiger partial charge in [-0.3, -0.25) is 4.79 Å². The Kier molecular flexibility index (Phi) is 6.32. The second-order valence-electron chi connectivity index (χ2n) is 4.71. The molecule has 0 saturated heterocycles. The fourth-order valence-corrected chi connectivity index (χ4v) is 1.46. The van der Waals surface area contributed by atoms with Crippen molar-refractivity contribution in [1.29, 1.82) is 0 Å². The maximum Gasteiger partial charge on any atom is 0.441 e. The molecule has 3 nitrogen and oxygen atoms in total. The van der Waals surface area contributed by atoms with Crippen LogP contribution in [0, 0.1) is 0 Å². The van der Waals surface area contributed by atoms with Gasteiger partial charge in [-0.2, -0.15) is 13.2 Å². The highest BCUT2D eigenvalue weighted by Crippen LogP contribution is 2.29. The molecule has 0 saturated carbocycles. The maximum atomic E-state index is 11.8. The molecule has 0 aromatic heterocycles. The predicted octanol–water partition coefficient (Wildman–Crippen LogP) is 2.13. The number of hydrogen-bond donors (Lipinski definition) is 2. The third-order valence-corrected chi connectivity index (χ3v) is 2.45. The summed E-state index contributed by atoms with van der Waals surface area (Å²) < 4.78 is 35.5. The molecule has 17 heavy (non-hydrogen) atoms. The zero-order valence-corrected chi connectivity index (χ0v) is 11.3. The first-order valence-electron chi connectivity index (χ1n) is 5.27. The molecule has 2 N–H and O–H groups in total. The molecule has 0 spiro atoms. The normalized spacial score (nSPS) is 14.5. The van der Waals surface area contributed by atoms with Gasteiger partial charge in [-0.15, -0.1) is 0 Å². The van der Waals surface area contributed by atoms with E-state index >= 15 is 0 Å². The quantitative estimate of drug-likeness (QED) is 0.753. The minimum Gasteiger partial charge on any atom is -0.350 e. The van der Waals surface area contributed by atoms with Crippen LogP contribution in [0.25, 0.3) is 0 Å². The number of amides is 1. The Morgan fingerprint density at radius 3 is 2.24 bits per heavy atom. The topological polar surface area (TPSA) is 41.1 Å². The maximum absolute atomic E-state index is 11.8. The molecule has 102 valence electrons. The summed E-state index contributed by atoms with van der Waals surface area (Å²) >= 11 is -0.0938. The number of rotatable bonds is 5. The summed E-state index contributed by atoms with van der Waals surface area (Å²) in [5.41, 5.74) is -4.55. The lowest BCUT2D eigenvalue weighted by molar-refractivity contribution is -0.124. The van der Waals surface area contributed by atoms with E-state index in [9.17, 15) is 18.0 Å². The fraction of sp³-hybridized carbons (Fsp3) is 0.900. The van der Waals surface area contributed by atoms with E-state index in [1.807, 2.05) is 20.8 Å². The highest BCUT2D eigenvalue weighted by atomic mass is 32.2. The molecule has 0 radical (unpaired) electrons. The molecular formula is C10H19F3N2OS. The Hall–Kier alpha value is -0.430. The van der Waals surface area contributed by atoms with E-state index in [1.165, 1.54) is 0 Å². The van der Waals surface area contributed by atoms with Crippen LogP contribution in [0.15, 0.2) is 0 Å². The summed E-state index contributed by atoms with van der Waals surface area (Å²) in [7, 11) is 0. The van der Waals surface area contributed by atoms with Crippen LogP contribution in [0.4, 0.5) is 13.2 Å². The van der Waals surface area contributed by atoms with Crippen LogP contribution in [0.1, 0.15) is 27.7 Å². The Bertz CT molecular complexity index is 251. The van der Waals surface area contributed by atoms with Gasteiger partial charge in [0.2, 0.25) is 5.91 Å². The van der Waals surface area contributed by atoms with Gasteiger partial charge in [0, 0.05) is 17.8 Å². The predicted molar refractivity (Wildman–Crippen MR) is 63.9 cm³/mol. The van der Waals surface area contributed by atoms with Gasteiger partial charge in [-0.1, -0.05) is 0 Å². The van der Waals surface area contributed by atoms with E-state index < -0.39 is 11.6 Å². The zero-order valence-electron chi connectivity index (χ0n) is 10.4. The Balaban J connectivity index is 3.80. The monoisotopic (exact) mass is 272 g/mol. The molecule has 1 unspecified atom stereocenters. The van der Waals surface area contributed by atoms with Crippen molar-refractivity contribution in [1.82, 2.24) is 10.6 Å². The first kappa shape index (κ1) is 16.6. The number of hydrogen-bond acceptors (Lipinski definition) is 3. The average Bonchev–Trinajstić information content (AvgIpc) is 2.07. The number of carbonyl (C=O) groups is 1. The number of halogens is 3. The fourth-order valence-electron chi connectivity index (χ4n) is 1.01. The van der Waals surface area contributed by atoms with Crippen LogP contribution in [-0.4, -0.2) is 35.3 Å². The lowest BCUT2D eigenvalue weighted by Gasteiger charge is -2.23. The van der Waals surface area contributed by atoms with E-state index in [1.54, 1.807) is 6.92 Å². The molecule has 7 heteroatoms. The Morgan fingerprint density at radius 2 is 1.82 bits per heavy atom. The van der Waals surface area contributed by atoms with Gasteiger partial charge in [0.05, 0.1) is 6.04 Å². The molecule has 0 rings (SSSR count). The Morgan fingerprint density at radius 1 is 1.29 bits per heavy atom. The summed E-state index contributed by atoms with van der Waals surface area (Å²) in [4.78, 5) is 11.5. The van der Waals surface area contributed by atoms with Crippen LogP contribution in [0.3, 0.4) is 0 Å². The lowest BCUT2D eigenvalue weighted by Crippen LogP contribution is -2.49. The van der Waals surface area contributed by atoms with Crippen molar-refractivity contribution >= 4 is 17.7 Å². The molecule has 0 aromatic rings. The second kappa shape index (κ2) is 6.49. The van der Waals surface area contributed by atoms with Crippen LogP contribution >= 0.6 is 11.8 Å². The molecular weight excluding hydrogens is 253 g/mol. The Labute approximate surface area is 104 Å². The average molecular weight is 272 g/mol. The minimum atomic E-state index is -4.21. The molecule has 0 aromatic carbocycles. The van der Waals surface area contributed by atoms with E-state index in [2.05, 4.69) is 10.6 Å². The van der Waals surface area contributed by atoms with Crippen molar-refractivity contribution in [3.05, 3.63) is 0 Å². The zero-order chi connectivity index (χ0) is 13.7. The smallest absolute Gasteiger partial charge is 0.350 e. The molecule has 1 amide bonds. The van der Waals surface area contributed by atoms with E-state index in [0.29, 0.717) is 0 Å². The molecule has 1 atom stereocenters. The number of carbonyl (C=O) groups excluding carboxylic acids is 1. The van der Waals surface area contributed by atoms with Crippen molar-refractivity contribution in [3.8, 4) is 0 Å². The second-order valence-corrected chi connectivity index (χ2v) is 5.87. The van der Waals surface area contributed by atoms with Crippen LogP contribution in [0.5, 0.6) is 0 Å². The van der Waals surface area contributed by atoms with E-state index in [4.69, 9.17) is 0 Å². The standard InChI is InChI=1S/C10H19F3N2OS/c1-7(8(16)15-9(2,3)4)14-5-6-17-10(11,12)13/h7,14H,5-6H2,1-4H3,(H,15,16). The van der Waals surface area contributed by atoms with Crippen LogP contribution in [-0.2, 0) is 4.79 Å². The summed E-state index contributed by atoms with van der Waals surface area (Å²) in [5.74, 6) is -0.314. The lowest BCUT2D eigenvalue weighted by atomic mass is 10.1. The van der Waals surface area contributed by atoms with Crippen molar-refractivity contribution < 1.29 is 18.0 Å². The summed E-state index contributed by atoms with van der Waals surface area (Å²) in [6, 6.07) is -0.497. The van der Waals surface area contributed by atoms with Crippen molar-refractivity contribution in [2.75, 3.05) is 12.3 Å². The minimum absolute atomic E-state index is 0.0938. The number of alkyl halides is 3. The number of nitrogens with one attached hydrogen (secondary N) is 2. The van der Waals surface area contributed by atoms with Crippen LogP contribution in [0.2, 0.25) is 0 Å². The highest BCUT2D eigenvalue weighted by molar-refractivity contribution is 8.00. The van der Waals surface area contributed by atoms with E-state index in [-0.39, 0.29) is 35.5 Å². The highest BCUT2D eigenvalue weighted by Gasteiger charge is 2.27. The largest absolute Gasteiger partial charge is 0.441 e. The molecule has 0 heterocycles. The van der Waals surface area contributed by atoms with E-state index in [0.717, 1.165) is 0 Å². The summed E-state index contributed by atoms with van der Waals surface area (Å²) in [5, 5.41) is 5.49. The third kappa shape index (κ3) is 10.4. The van der Waals surface area contributed by atoms with Crippen LogP contribution < -0.4 is 10.6 Å². The van der Waals surface area contributed by atoms with Gasteiger partial charge in [-0.25, -0.2) is 0 Å². The SMILES string of the molecule is CC(NCCSC(F)(F)F)C(=O)NC(C)(C)C. The van der Waals surface area contributed by atoms with Gasteiger partial charge in [-0.05, 0) is 39.5 Å². The molecule has 0 aliphatic rings. The molecule has 0 aliphatic heterocycles. The van der Waals surface area contributed by atoms with Gasteiger partial charge < -0.3 is 10.6 Å². The molecule has 0 bridgehead atoms. The van der Waals surface area contributed by atoms with Crippen molar-refractivity contribution in [2.24, 2.45) is 0 Å². The van der Waals surface area contributed by atoms with Gasteiger partial charge >= 0.3 is 5.51 Å². The summed E-state index contributed by atoms with van der Waals surface area (Å²) in [6.45, 7) is 7.30.